The lowest BCUT2D eigenvalue weighted by Gasteiger charge is -2.23. The summed E-state index contributed by atoms with van der Waals surface area (Å²) in [6.45, 7) is 1.61. The van der Waals surface area contributed by atoms with Crippen molar-refractivity contribution in [2.45, 2.75) is 13.0 Å². The van der Waals surface area contributed by atoms with E-state index in [9.17, 15) is 4.79 Å². The van der Waals surface area contributed by atoms with Crippen molar-refractivity contribution < 1.29 is 9.90 Å². The van der Waals surface area contributed by atoms with Gasteiger partial charge in [-0.15, -0.1) is 0 Å². The first-order chi connectivity index (χ1) is 7.47. The van der Waals surface area contributed by atoms with Crippen LogP contribution in [-0.2, 0) is 0 Å². The Morgan fingerprint density at radius 2 is 2.38 bits per heavy atom. The van der Waals surface area contributed by atoms with E-state index in [0.29, 0.717) is 5.69 Å². The summed E-state index contributed by atoms with van der Waals surface area (Å²) in [7, 11) is 1.59. The monoisotopic (exact) mass is 243 g/mol. The van der Waals surface area contributed by atoms with Crippen LogP contribution in [0.1, 0.15) is 17.3 Å². The van der Waals surface area contributed by atoms with Crippen molar-refractivity contribution in [3.8, 4) is 0 Å². The van der Waals surface area contributed by atoms with Crippen LogP contribution in [0.5, 0.6) is 0 Å². The number of hydrogen-bond donors (Lipinski definition) is 2. The van der Waals surface area contributed by atoms with Gasteiger partial charge in [0.15, 0.2) is 0 Å². The third-order valence-electron chi connectivity index (χ3n) is 2.34. The van der Waals surface area contributed by atoms with Gasteiger partial charge in [-0.05, 0) is 13.0 Å². The number of likely N-dealkylation sites (N-methyl/N-ethyl adjacent to an activating group) is 1. The van der Waals surface area contributed by atoms with Crippen LogP contribution in [0.4, 0.5) is 5.69 Å². The Morgan fingerprint density at radius 1 is 1.75 bits per heavy atom. The Balaban J connectivity index is 3.00. The van der Waals surface area contributed by atoms with Crippen LogP contribution in [0.3, 0.4) is 0 Å². The first kappa shape index (κ1) is 12.7. The fourth-order valence-corrected chi connectivity index (χ4v) is 1.31. The number of carbonyl (C=O) groups is 1. The Morgan fingerprint density at radius 3 is 2.94 bits per heavy atom. The number of hydrogen-bond acceptors (Lipinski definition) is 4. The zero-order valence-electron chi connectivity index (χ0n) is 9.14. The number of aliphatic hydroxyl groups excluding tert-OH is 1. The number of carbonyl (C=O) groups excluding carboxylic acids is 1. The highest BCUT2D eigenvalue weighted by Crippen LogP contribution is 2.18. The van der Waals surface area contributed by atoms with E-state index < -0.39 is 0 Å². The summed E-state index contributed by atoms with van der Waals surface area (Å²) in [5.41, 5.74) is 6.15. The molecule has 1 aromatic rings. The molecule has 88 valence electrons. The van der Waals surface area contributed by atoms with Crippen molar-refractivity contribution in [1.82, 2.24) is 9.88 Å². The summed E-state index contributed by atoms with van der Waals surface area (Å²) in [4.78, 5) is 17.1. The molecule has 0 aromatic carbocycles. The molecule has 6 heteroatoms. The van der Waals surface area contributed by atoms with Crippen LogP contribution in [0, 0.1) is 0 Å². The molecule has 1 amide bonds. The smallest absolute Gasteiger partial charge is 0.257 e. The van der Waals surface area contributed by atoms with Crippen LogP contribution < -0.4 is 5.73 Å². The summed E-state index contributed by atoms with van der Waals surface area (Å²) in [5.74, 6) is -0.314. The molecule has 0 radical (unpaired) electrons. The second-order valence-corrected chi connectivity index (χ2v) is 3.91. The van der Waals surface area contributed by atoms with Crippen molar-refractivity contribution in [2.75, 3.05) is 19.4 Å². The van der Waals surface area contributed by atoms with E-state index in [-0.39, 0.29) is 29.3 Å². The van der Waals surface area contributed by atoms with Gasteiger partial charge in [-0.2, -0.15) is 0 Å². The fourth-order valence-electron chi connectivity index (χ4n) is 1.13. The molecule has 0 fully saturated rings. The minimum Gasteiger partial charge on any atom is -0.397 e. The standard InChI is InChI=1S/C10H14ClN3O2/c1-6(5-15)14(2)10(16)8-3-7(12)4-13-9(8)11/h3-4,6,15H,5,12H2,1-2H3. The minimum absolute atomic E-state index is 0.108. The lowest BCUT2D eigenvalue weighted by Crippen LogP contribution is -2.37. The van der Waals surface area contributed by atoms with Crippen molar-refractivity contribution in [1.29, 1.82) is 0 Å². The SMILES string of the molecule is CC(CO)N(C)C(=O)c1cc(N)cnc1Cl. The number of aromatic nitrogens is 1. The highest BCUT2D eigenvalue weighted by molar-refractivity contribution is 6.32. The van der Waals surface area contributed by atoms with E-state index in [2.05, 4.69) is 4.98 Å². The molecule has 3 N–H and O–H groups in total. The van der Waals surface area contributed by atoms with Gasteiger partial charge >= 0.3 is 0 Å². The van der Waals surface area contributed by atoms with Gasteiger partial charge in [-0.25, -0.2) is 4.98 Å². The molecule has 0 saturated heterocycles. The number of amides is 1. The van der Waals surface area contributed by atoms with Crippen LogP contribution in [0.25, 0.3) is 0 Å². The molecule has 1 atom stereocenters. The zero-order chi connectivity index (χ0) is 12.3. The largest absolute Gasteiger partial charge is 0.397 e. The first-order valence-electron chi connectivity index (χ1n) is 4.76. The van der Waals surface area contributed by atoms with Gasteiger partial charge in [0.1, 0.15) is 5.15 Å². The molecular weight excluding hydrogens is 230 g/mol. The number of halogens is 1. The Hall–Kier alpha value is -1.33. The molecule has 16 heavy (non-hydrogen) atoms. The Labute approximate surface area is 98.8 Å². The quantitative estimate of drug-likeness (QED) is 0.769. The van der Waals surface area contributed by atoms with E-state index in [4.69, 9.17) is 22.4 Å². The fraction of sp³-hybridized carbons (Fsp3) is 0.400. The molecule has 1 unspecified atom stereocenters. The summed E-state index contributed by atoms with van der Waals surface area (Å²) >= 11 is 5.81. The Bertz CT molecular complexity index is 398. The average molecular weight is 244 g/mol. The summed E-state index contributed by atoms with van der Waals surface area (Å²) in [6, 6.07) is 1.18. The van der Waals surface area contributed by atoms with Crippen LogP contribution in [0.2, 0.25) is 5.15 Å². The molecule has 0 aliphatic carbocycles. The zero-order valence-corrected chi connectivity index (χ0v) is 9.90. The second-order valence-electron chi connectivity index (χ2n) is 3.55. The molecule has 0 bridgehead atoms. The molecule has 0 aliphatic heterocycles. The van der Waals surface area contributed by atoms with E-state index >= 15 is 0 Å². The summed E-state index contributed by atoms with van der Waals surface area (Å²) < 4.78 is 0. The van der Waals surface area contributed by atoms with Crippen LogP contribution >= 0.6 is 11.6 Å². The first-order valence-corrected chi connectivity index (χ1v) is 5.14. The van der Waals surface area contributed by atoms with Gasteiger partial charge in [0.25, 0.3) is 5.91 Å². The summed E-state index contributed by atoms with van der Waals surface area (Å²) in [5, 5.41) is 9.07. The molecule has 0 spiro atoms. The number of pyridine rings is 1. The lowest BCUT2D eigenvalue weighted by atomic mass is 10.2. The van der Waals surface area contributed by atoms with E-state index in [0.717, 1.165) is 0 Å². The second kappa shape index (κ2) is 5.14. The maximum atomic E-state index is 12.0. The molecule has 5 nitrogen and oxygen atoms in total. The number of nitrogens with zero attached hydrogens (tertiary/aromatic N) is 2. The predicted molar refractivity (Wildman–Crippen MR) is 62.3 cm³/mol. The molecule has 0 saturated carbocycles. The van der Waals surface area contributed by atoms with E-state index in [1.807, 2.05) is 0 Å². The minimum atomic E-state index is -0.314. The molecular formula is C10H14ClN3O2. The lowest BCUT2D eigenvalue weighted by molar-refractivity contribution is 0.0682. The van der Waals surface area contributed by atoms with Gasteiger partial charge in [0, 0.05) is 7.05 Å². The van der Waals surface area contributed by atoms with Gasteiger partial charge in [-0.3, -0.25) is 4.79 Å². The third kappa shape index (κ3) is 2.62. The van der Waals surface area contributed by atoms with Crippen molar-refractivity contribution in [3.05, 3.63) is 23.0 Å². The maximum Gasteiger partial charge on any atom is 0.257 e. The van der Waals surface area contributed by atoms with Gasteiger partial charge in [0.2, 0.25) is 0 Å². The molecule has 1 rings (SSSR count). The average Bonchev–Trinajstić information content (AvgIpc) is 2.29. The number of nitrogen functional groups attached to an aromatic ring is 1. The van der Waals surface area contributed by atoms with E-state index in [1.54, 1.807) is 14.0 Å². The van der Waals surface area contributed by atoms with Gasteiger partial charge < -0.3 is 15.7 Å². The summed E-state index contributed by atoms with van der Waals surface area (Å²) in [6.07, 6.45) is 1.38. The number of rotatable bonds is 3. The molecule has 1 heterocycles. The normalized spacial score (nSPS) is 12.2. The van der Waals surface area contributed by atoms with Crippen LogP contribution in [0.15, 0.2) is 12.3 Å². The highest BCUT2D eigenvalue weighted by atomic mass is 35.5. The van der Waals surface area contributed by atoms with Crippen molar-refractivity contribution in [2.24, 2.45) is 0 Å². The number of nitrogens with two attached hydrogens (primary N) is 1. The van der Waals surface area contributed by atoms with Crippen molar-refractivity contribution in [3.63, 3.8) is 0 Å². The van der Waals surface area contributed by atoms with Crippen LogP contribution in [-0.4, -0.2) is 40.6 Å². The number of aliphatic hydroxyl groups is 1. The number of anilines is 1. The van der Waals surface area contributed by atoms with Crippen molar-refractivity contribution >= 4 is 23.2 Å². The van der Waals surface area contributed by atoms with E-state index in [1.165, 1.54) is 17.2 Å². The van der Waals surface area contributed by atoms with Gasteiger partial charge in [-0.1, -0.05) is 11.6 Å². The van der Waals surface area contributed by atoms with Gasteiger partial charge in [0.05, 0.1) is 30.1 Å². The third-order valence-corrected chi connectivity index (χ3v) is 2.64. The molecule has 1 aromatic heterocycles. The molecule has 0 aliphatic rings. The highest BCUT2D eigenvalue weighted by Gasteiger charge is 2.20. The maximum absolute atomic E-state index is 12.0. The topological polar surface area (TPSA) is 79.5 Å². The predicted octanol–water partition coefficient (Wildman–Crippen LogP) is 0.770. The Kier molecular flexibility index (Phi) is 4.09.